The van der Waals surface area contributed by atoms with Crippen molar-refractivity contribution in [3.63, 3.8) is 0 Å². The Balaban J connectivity index is 1.62. The highest BCUT2D eigenvalue weighted by molar-refractivity contribution is 5.54. The van der Waals surface area contributed by atoms with Gasteiger partial charge in [0.1, 0.15) is 6.26 Å². The van der Waals surface area contributed by atoms with Crippen LogP contribution in [0.15, 0.2) is 34.9 Å². The zero-order chi connectivity index (χ0) is 14.7. The molecule has 0 amide bonds. The maximum atomic E-state index is 5.58. The molecule has 0 radical (unpaired) electrons. The Morgan fingerprint density at radius 2 is 2.10 bits per heavy atom. The van der Waals surface area contributed by atoms with Gasteiger partial charge in [-0.05, 0) is 26.1 Å². The molecule has 0 spiro atoms. The number of benzene rings is 1. The van der Waals surface area contributed by atoms with E-state index in [0.29, 0.717) is 25.6 Å². The molecule has 1 fully saturated rings. The Labute approximate surface area is 124 Å². The third kappa shape index (κ3) is 3.69. The first-order valence-electron chi connectivity index (χ1n) is 7.14. The van der Waals surface area contributed by atoms with Gasteiger partial charge in [0.2, 0.25) is 5.89 Å². The number of aromatic nitrogens is 1. The van der Waals surface area contributed by atoms with Crippen LogP contribution in [-0.2, 0) is 16.0 Å². The van der Waals surface area contributed by atoms with Crippen LogP contribution in [0.1, 0.15) is 11.3 Å². The number of hydrogen-bond donors (Lipinski definition) is 0. The molecule has 21 heavy (non-hydrogen) atoms. The van der Waals surface area contributed by atoms with Crippen molar-refractivity contribution in [3.05, 3.63) is 41.8 Å². The Bertz CT molecular complexity index is 591. The quantitative estimate of drug-likeness (QED) is 0.846. The van der Waals surface area contributed by atoms with E-state index in [1.165, 1.54) is 5.56 Å². The molecule has 0 unspecified atom stereocenters. The number of nitrogens with zero attached hydrogens (tertiary/aromatic N) is 2. The highest BCUT2D eigenvalue weighted by Gasteiger charge is 2.18. The lowest BCUT2D eigenvalue weighted by molar-refractivity contribution is -0.0593. The van der Waals surface area contributed by atoms with Crippen molar-refractivity contribution < 1.29 is 13.9 Å². The predicted octanol–water partition coefficient (Wildman–Crippen LogP) is 2.45. The molecule has 1 saturated heterocycles. The highest BCUT2D eigenvalue weighted by Crippen LogP contribution is 2.20. The minimum atomic E-state index is -0.127. The average Bonchev–Trinajstić information content (AvgIpc) is 3.10. The largest absolute Gasteiger partial charge is 0.444 e. The number of rotatable bonds is 5. The first-order valence-corrected chi connectivity index (χ1v) is 7.14. The molecule has 5 nitrogen and oxygen atoms in total. The second-order valence-corrected chi connectivity index (χ2v) is 5.38. The molecular formula is C16H20N2O3. The van der Waals surface area contributed by atoms with Crippen molar-refractivity contribution in [2.75, 3.05) is 26.8 Å². The van der Waals surface area contributed by atoms with Gasteiger partial charge >= 0.3 is 0 Å². The average molecular weight is 288 g/mol. The van der Waals surface area contributed by atoms with E-state index in [0.717, 1.165) is 17.8 Å². The van der Waals surface area contributed by atoms with Crippen molar-refractivity contribution >= 4 is 0 Å². The maximum Gasteiger partial charge on any atom is 0.226 e. The molecule has 0 atom stereocenters. The van der Waals surface area contributed by atoms with Gasteiger partial charge in [-0.15, -0.1) is 0 Å². The van der Waals surface area contributed by atoms with Crippen LogP contribution in [-0.4, -0.2) is 43.0 Å². The van der Waals surface area contributed by atoms with Gasteiger partial charge in [0.05, 0.1) is 18.9 Å². The van der Waals surface area contributed by atoms with E-state index in [1.54, 1.807) is 6.26 Å². The molecule has 1 aliphatic rings. The molecule has 0 N–H and O–H groups in total. The first-order chi connectivity index (χ1) is 10.2. The minimum Gasteiger partial charge on any atom is -0.444 e. The summed E-state index contributed by atoms with van der Waals surface area (Å²) in [5.74, 6) is 0.662. The summed E-state index contributed by atoms with van der Waals surface area (Å²) in [6.45, 7) is 4.86. The smallest absolute Gasteiger partial charge is 0.226 e. The molecular weight excluding hydrogens is 268 g/mol. The van der Waals surface area contributed by atoms with Crippen LogP contribution in [0.5, 0.6) is 0 Å². The first kappa shape index (κ1) is 14.3. The molecule has 3 rings (SSSR count). The fourth-order valence-electron chi connectivity index (χ4n) is 2.40. The Morgan fingerprint density at radius 1 is 1.29 bits per heavy atom. The van der Waals surface area contributed by atoms with Gasteiger partial charge < -0.3 is 13.9 Å². The number of aryl methyl sites for hydroxylation is 1. The van der Waals surface area contributed by atoms with Crippen molar-refractivity contribution in [1.82, 2.24) is 9.88 Å². The summed E-state index contributed by atoms with van der Waals surface area (Å²) in [6, 6.07) is 8.14. The summed E-state index contributed by atoms with van der Waals surface area (Å²) in [7, 11) is 2.02. The molecule has 0 bridgehead atoms. The molecule has 0 saturated carbocycles. The monoisotopic (exact) mass is 288 g/mol. The van der Waals surface area contributed by atoms with E-state index in [2.05, 4.69) is 28.9 Å². The van der Waals surface area contributed by atoms with Gasteiger partial charge in [-0.1, -0.05) is 17.7 Å². The number of ether oxygens (including phenoxy) is 2. The van der Waals surface area contributed by atoms with E-state index in [-0.39, 0.29) is 6.29 Å². The zero-order valence-electron chi connectivity index (χ0n) is 12.4. The van der Waals surface area contributed by atoms with Crippen LogP contribution in [0.2, 0.25) is 0 Å². The van der Waals surface area contributed by atoms with Crippen molar-refractivity contribution in [2.24, 2.45) is 0 Å². The highest BCUT2D eigenvalue weighted by atomic mass is 16.7. The number of hydrogen-bond acceptors (Lipinski definition) is 5. The minimum absolute atomic E-state index is 0.127. The molecule has 5 heteroatoms. The van der Waals surface area contributed by atoms with Crippen LogP contribution < -0.4 is 0 Å². The second kappa shape index (κ2) is 6.39. The fourth-order valence-corrected chi connectivity index (χ4v) is 2.40. The number of likely N-dealkylation sites (N-methyl/N-ethyl adjacent to an activating group) is 1. The van der Waals surface area contributed by atoms with Gasteiger partial charge in [-0.3, -0.25) is 4.90 Å². The molecule has 1 aliphatic heterocycles. The van der Waals surface area contributed by atoms with Gasteiger partial charge in [0.25, 0.3) is 0 Å². The third-order valence-corrected chi connectivity index (χ3v) is 3.40. The second-order valence-electron chi connectivity index (χ2n) is 5.38. The lowest BCUT2D eigenvalue weighted by atomic mass is 10.1. The fraction of sp³-hybridized carbons (Fsp3) is 0.438. The topological polar surface area (TPSA) is 47.7 Å². The molecule has 112 valence electrons. The van der Waals surface area contributed by atoms with Gasteiger partial charge in [0.15, 0.2) is 6.29 Å². The van der Waals surface area contributed by atoms with Crippen molar-refractivity contribution in [3.8, 4) is 11.5 Å². The summed E-state index contributed by atoms with van der Waals surface area (Å²) < 4.78 is 16.5. The summed E-state index contributed by atoms with van der Waals surface area (Å²) in [6.07, 6.45) is 1.59. The zero-order valence-corrected chi connectivity index (χ0v) is 12.4. The van der Waals surface area contributed by atoms with Crippen LogP contribution in [0.3, 0.4) is 0 Å². The SMILES string of the molecule is Cc1cccc(-c2nc(CN(C)CC3OCCO3)co2)c1. The van der Waals surface area contributed by atoms with E-state index >= 15 is 0 Å². The van der Waals surface area contributed by atoms with Gasteiger partial charge in [-0.25, -0.2) is 4.98 Å². The van der Waals surface area contributed by atoms with E-state index in [4.69, 9.17) is 13.9 Å². The van der Waals surface area contributed by atoms with Crippen LogP contribution in [0, 0.1) is 6.92 Å². The lowest BCUT2D eigenvalue weighted by Crippen LogP contribution is -2.29. The van der Waals surface area contributed by atoms with E-state index in [1.807, 2.05) is 19.2 Å². The Morgan fingerprint density at radius 3 is 2.86 bits per heavy atom. The van der Waals surface area contributed by atoms with Gasteiger partial charge in [0, 0.05) is 18.7 Å². The summed E-state index contributed by atoms with van der Waals surface area (Å²) in [5.41, 5.74) is 3.11. The number of oxazole rings is 1. The molecule has 1 aromatic carbocycles. The van der Waals surface area contributed by atoms with Crippen LogP contribution >= 0.6 is 0 Å². The molecule has 1 aromatic heterocycles. The van der Waals surface area contributed by atoms with Crippen LogP contribution in [0.4, 0.5) is 0 Å². The summed E-state index contributed by atoms with van der Waals surface area (Å²) in [4.78, 5) is 6.67. The van der Waals surface area contributed by atoms with Crippen LogP contribution in [0.25, 0.3) is 11.5 Å². The van der Waals surface area contributed by atoms with Crippen molar-refractivity contribution in [1.29, 1.82) is 0 Å². The van der Waals surface area contributed by atoms with Crippen molar-refractivity contribution in [2.45, 2.75) is 19.8 Å². The standard InChI is InChI=1S/C16H20N2O3/c1-12-4-3-5-13(8-12)16-17-14(11-21-16)9-18(2)10-15-19-6-7-20-15/h3-5,8,11,15H,6-7,9-10H2,1-2H3. The van der Waals surface area contributed by atoms with E-state index < -0.39 is 0 Å². The third-order valence-electron chi connectivity index (χ3n) is 3.40. The van der Waals surface area contributed by atoms with Gasteiger partial charge in [-0.2, -0.15) is 0 Å². The summed E-state index contributed by atoms with van der Waals surface area (Å²) in [5, 5.41) is 0. The normalized spacial score (nSPS) is 16.0. The molecule has 0 aliphatic carbocycles. The van der Waals surface area contributed by atoms with E-state index in [9.17, 15) is 0 Å². The predicted molar refractivity (Wildman–Crippen MR) is 78.7 cm³/mol. The lowest BCUT2D eigenvalue weighted by Gasteiger charge is -2.18. The molecule has 2 heterocycles. The molecule has 2 aromatic rings. The summed E-state index contributed by atoms with van der Waals surface area (Å²) >= 11 is 0. The Kier molecular flexibility index (Phi) is 4.34. The maximum absolute atomic E-state index is 5.58. The Hall–Kier alpha value is -1.69.